The van der Waals surface area contributed by atoms with E-state index >= 15 is 0 Å². The Morgan fingerprint density at radius 3 is 2.64 bits per heavy atom. The Hall–Kier alpha value is -0.120. The van der Waals surface area contributed by atoms with Gasteiger partial charge >= 0.3 is 0 Å². The Balaban J connectivity index is 0.000000605. The van der Waals surface area contributed by atoms with Crippen LogP contribution < -0.4 is 10.6 Å². The molecule has 4 heteroatoms. The van der Waals surface area contributed by atoms with Gasteiger partial charge in [0.15, 0.2) is 5.78 Å². The molecule has 2 N–H and O–H groups in total. The molecule has 1 spiro atoms. The van der Waals surface area contributed by atoms with E-state index < -0.39 is 0 Å². The van der Waals surface area contributed by atoms with E-state index in [-0.39, 0.29) is 17.9 Å². The molecule has 11 heavy (non-hydrogen) atoms. The van der Waals surface area contributed by atoms with Crippen LogP contribution in [0.15, 0.2) is 0 Å². The van der Waals surface area contributed by atoms with Crippen LogP contribution in [0.2, 0.25) is 0 Å². The maximum Gasteiger partial charge on any atom is 0.155 e. The van der Waals surface area contributed by atoms with E-state index in [1.165, 1.54) is 0 Å². The first-order chi connectivity index (χ1) is 4.83. The lowest BCUT2D eigenvalue weighted by molar-refractivity contribution is -0.121. The molecular weight excluding hydrogens is 164 g/mol. The van der Waals surface area contributed by atoms with Gasteiger partial charge in [0.2, 0.25) is 0 Å². The Labute approximate surface area is 72.3 Å². The Kier molecular flexibility index (Phi) is 2.52. The molecule has 2 aliphatic heterocycles. The Morgan fingerprint density at radius 1 is 1.36 bits per heavy atom. The van der Waals surface area contributed by atoms with Crippen molar-refractivity contribution in [2.45, 2.75) is 18.4 Å². The first-order valence-corrected chi connectivity index (χ1v) is 3.83. The van der Waals surface area contributed by atoms with E-state index in [1.54, 1.807) is 0 Å². The molecule has 0 bridgehead atoms. The van der Waals surface area contributed by atoms with Gasteiger partial charge in [0, 0.05) is 19.5 Å². The number of rotatable bonds is 0. The molecule has 0 aromatic heterocycles. The maximum atomic E-state index is 11.3. The zero-order valence-electron chi connectivity index (χ0n) is 6.35. The summed E-state index contributed by atoms with van der Waals surface area (Å²) in [6.45, 7) is 2.70. The monoisotopic (exact) mass is 176 g/mol. The maximum absolute atomic E-state index is 11.3. The molecule has 1 atom stereocenters. The van der Waals surface area contributed by atoms with Gasteiger partial charge in [0.25, 0.3) is 0 Å². The van der Waals surface area contributed by atoms with Crippen molar-refractivity contribution < 1.29 is 4.79 Å². The number of Topliss-reactive ketones (excluding diaryl/α,β-unsaturated/α-hetero) is 1. The van der Waals surface area contributed by atoms with Crippen molar-refractivity contribution in [3.05, 3.63) is 0 Å². The highest BCUT2D eigenvalue weighted by molar-refractivity contribution is 5.91. The molecule has 0 saturated carbocycles. The van der Waals surface area contributed by atoms with Gasteiger partial charge in [-0.1, -0.05) is 0 Å². The summed E-state index contributed by atoms with van der Waals surface area (Å²) >= 11 is 0. The fourth-order valence-electron chi connectivity index (χ4n) is 1.83. The molecule has 0 aliphatic carbocycles. The third kappa shape index (κ3) is 1.28. The van der Waals surface area contributed by atoms with Crippen molar-refractivity contribution in [2.75, 3.05) is 19.6 Å². The Bertz CT molecular complexity index is 160. The van der Waals surface area contributed by atoms with Crippen LogP contribution in [0.25, 0.3) is 0 Å². The zero-order chi connectivity index (χ0) is 7.03. The normalized spacial score (nSPS) is 36.2. The lowest BCUT2D eigenvalue weighted by Gasteiger charge is -2.19. The van der Waals surface area contributed by atoms with Crippen LogP contribution in [0.1, 0.15) is 12.8 Å². The predicted molar refractivity (Wildman–Crippen MR) is 45.1 cm³/mol. The molecule has 2 aliphatic rings. The minimum absolute atomic E-state index is 0. The molecule has 64 valence electrons. The SMILES string of the molecule is Cl.O=C1CCNC12CCNC2. The predicted octanol–water partition coefficient (Wildman–Crippen LogP) is -0.297. The van der Waals surface area contributed by atoms with Crippen LogP contribution in [0.5, 0.6) is 0 Å². The number of ketones is 1. The van der Waals surface area contributed by atoms with Crippen LogP contribution >= 0.6 is 12.4 Å². The number of nitrogens with one attached hydrogen (secondary N) is 2. The van der Waals surface area contributed by atoms with Gasteiger partial charge < -0.3 is 10.6 Å². The van der Waals surface area contributed by atoms with E-state index in [4.69, 9.17) is 0 Å². The summed E-state index contributed by atoms with van der Waals surface area (Å²) in [5, 5.41) is 6.47. The number of hydrogen-bond donors (Lipinski definition) is 2. The average Bonchev–Trinajstić information content (AvgIpc) is 2.48. The van der Waals surface area contributed by atoms with Gasteiger partial charge in [-0.2, -0.15) is 0 Å². The number of halogens is 1. The summed E-state index contributed by atoms with van der Waals surface area (Å²) in [4.78, 5) is 11.3. The third-order valence-electron chi connectivity index (χ3n) is 2.50. The summed E-state index contributed by atoms with van der Waals surface area (Å²) in [7, 11) is 0. The molecule has 0 aromatic carbocycles. The van der Waals surface area contributed by atoms with Crippen LogP contribution in [-0.4, -0.2) is 31.0 Å². The summed E-state index contributed by atoms with van der Waals surface area (Å²) in [6, 6.07) is 0. The zero-order valence-corrected chi connectivity index (χ0v) is 7.17. The fraction of sp³-hybridized carbons (Fsp3) is 0.857. The summed E-state index contributed by atoms with van der Waals surface area (Å²) in [5.41, 5.74) is -0.153. The van der Waals surface area contributed by atoms with E-state index in [0.29, 0.717) is 5.78 Å². The van der Waals surface area contributed by atoms with Gasteiger partial charge in [-0.15, -0.1) is 12.4 Å². The molecule has 0 radical (unpaired) electrons. The second-order valence-electron chi connectivity index (χ2n) is 3.11. The number of carbonyl (C=O) groups excluding carboxylic acids is 1. The van der Waals surface area contributed by atoms with E-state index in [2.05, 4.69) is 10.6 Å². The van der Waals surface area contributed by atoms with Crippen LogP contribution in [0.4, 0.5) is 0 Å². The fourth-order valence-corrected chi connectivity index (χ4v) is 1.83. The van der Waals surface area contributed by atoms with Crippen molar-refractivity contribution in [2.24, 2.45) is 0 Å². The standard InChI is InChI=1S/C7H12N2O.ClH/c10-6-1-3-9-7(6)2-4-8-5-7;/h8-9H,1-5H2;1H. The number of carbonyl (C=O) groups is 1. The number of hydrogen-bond acceptors (Lipinski definition) is 3. The largest absolute Gasteiger partial charge is 0.314 e. The van der Waals surface area contributed by atoms with Crippen molar-refractivity contribution in [1.29, 1.82) is 0 Å². The second-order valence-corrected chi connectivity index (χ2v) is 3.11. The highest BCUT2D eigenvalue weighted by Crippen LogP contribution is 2.21. The van der Waals surface area contributed by atoms with Crippen LogP contribution in [0, 0.1) is 0 Å². The lowest BCUT2D eigenvalue weighted by atomic mass is 9.95. The minimum Gasteiger partial charge on any atom is -0.314 e. The molecular formula is C7H13ClN2O. The quantitative estimate of drug-likeness (QED) is 0.533. The van der Waals surface area contributed by atoms with Crippen molar-refractivity contribution in [1.82, 2.24) is 10.6 Å². The third-order valence-corrected chi connectivity index (χ3v) is 2.50. The van der Waals surface area contributed by atoms with Gasteiger partial charge in [-0.05, 0) is 13.0 Å². The molecule has 0 amide bonds. The lowest BCUT2D eigenvalue weighted by Crippen LogP contribution is -2.47. The van der Waals surface area contributed by atoms with Crippen LogP contribution in [0.3, 0.4) is 0 Å². The van der Waals surface area contributed by atoms with Gasteiger partial charge in [0.05, 0.1) is 5.54 Å². The van der Waals surface area contributed by atoms with Crippen molar-refractivity contribution in [3.63, 3.8) is 0 Å². The van der Waals surface area contributed by atoms with Crippen molar-refractivity contribution >= 4 is 18.2 Å². The molecule has 1 unspecified atom stereocenters. The van der Waals surface area contributed by atoms with E-state index in [9.17, 15) is 4.79 Å². The van der Waals surface area contributed by atoms with Gasteiger partial charge in [0.1, 0.15) is 0 Å². The smallest absolute Gasteiger partial charge is 0.155 e. The molecule has 3 nitrogen and oxygen atoms in total. The molecule has 0 aromatic rings. The van der Waals surface area contributed by atoms with E-state index in [1.807, 2.05) is 0 Å². The van der Waals surface area contributed by atoms with Crippen LogP contribution in [-0.2, 0) is 4.79 Å². The van der Waals surface area contributed by atoms with Gasteiger partial charge in [-0.3, -0.25) is 4.79 Å². The topological polar surface area (TPSA) is 41.1 Å². The summed E-state index contributed by atoms with van der Waals surface area (Å²) in [5.74, 6) is 0.400. The first-order valence-electron chi connectivity index (χ1n) is 3.83. The molecule has 2 rings (SSSR count). The summed E-state index contributed by atoms with van der Waals surface area (Å²) < 4.78 is 0. The highest BCUT2D eigenvalue weighted by atomic mass is 35.5. The molecule has 2 fully saturated rings. The molecule has 2 saturated heterocycles. The Morgan fingerprint density at radius 2 is 2.18 bits per heavy atom. The van der Waals surface area contributed by atoms with E-state index in [0.717, 1.165) is 32.5 Å². The second kappa shape index (κ2) is 3.09. The summed E-state index contributed by atoms with van der Waals surface area (Å²) in [6.07, 6.45) is 1.70. The average molecular weight is 177 g/mol. The minimum atomic E-state index is -0.153. The van der Waals surface area contributed by atoms with Gasteiger partial charge in [-0.25, -0.2) is 0 Å². The highest BCUT2D eigenvalue weighted by Gasteiger charge is 2.43. The van der Waals surface area contributed by atoms with Crippen molar-refractivity contribution in [3.8, 4) is 0 Å². The molecule has 2 heterocycles. The first kappa shape index (κ1) is 8.97.